The quantitative estimate of drug-likeness (QED) is 0.504. The van der Waals surface area contributed by atoms with Crippen molar-refractivity contribution in [2.75, 3.05) is 19.6 Å². The second-order valence-electron chi connectivity index (χ2n) is 2.63. The van der Waals surface area contributed by atoms with Gasteiger partial charge in [-0.15, -0.1) is 0 Å². The maximum absolute atomic E-state index is 12.8. The molecule has 0 aliphatic carbocycles. The van der Waals surface area contributed by atoms with Crippen molar-refractivity contribution in [2.45, 2.75) is 19.5 Å². The molecule has 10 heavy (non-hydrogen) atoms. The number of alkyl halides is 1. The molecule has 0 aromatic carbocycles. The van der Waals surface area contributed by atoms with Crippen LogP contribution in [0, 0.1) is 0 Å². The molecule has 58 valence electrons. The second kappa shape index (κ2) is 3.71. The lowest BCUT2D eigenvalue weighted by Crippen LogP contribution is -2.28. The van der Waals surface area contributed by atoms with Gasteiger partial charge in [-0.2, -0.15) is 0 Å². The fourth-order valence-electron chi connectivity index (χ4n) is 1.19. The van der Waals surface area contributed by atoms with Crippen LogP contribution in [0.5, 0.6) is 0 Å². The van der Waals surface area contributed by atoms with Crippen LogP contribution >= 0.6 is 0 Å². The van der Waals surface area contributed by atoms with Crippen LogP contribution in [0.2, 0.25) is 0 Å². The molecule has 0 amide bonds. The summed E-state index contributed by atoms with van der Waals surface area (Å²) in [6.07, 6.45) is 3.84. The van der Waals surface area contributed by atoms with Gasteiger partial charge in [0.2, 0.25) is 0 Å². The Morgan fingerprint density at radius 2 is 2.50 bits per heavy atom. The van der Waals surface area contributed by atoms with Crippen LogP contribution in [0.15, 0.2) is 12.2 Å². The molecular weight excluding hydrogens is 129 g/mol. The smallest absolute Gasteiger partial charge is 0.131 e. The van der Waals surface area contributed by atoms with Crippen molar-refractivity contribution in [3.8, 4) is 0 Å². The monoisotopic (exact) mass is 143 g/mol. The van der Waals surface area contributed by atoms with E-state index in [4.69, 9.17) is 0 Å². The third-order valence-corrected chi connectivity index (χ3v) is 1.84. The minimum absolute atomic E-state index is 0.576. The molecule has 1 atom stereocenters. The maximum Gasteiger partial charge on any atom is 0.131 e. The topological polar surface area (TPSA) is 3.24 Å². The Kier molecular flexibility index (Phi) is 2.87. The standard InChI is InChI=1S/C8H14FN/c1-2-10-6-4-3-5-8(9)7-10/h3,5,8H,2,4,6-7H2,1H3. The van der Waals surface area contributed by atoms with Crippen LogP contribution < -0.4 is 0 Å². The van der Waals surface area contributed by atoms with Crippen LogP contribution in [0.3, 0.4) is 0 Å². The first-order valence-electron chi connectivity index (χ1n) is 3.86. The fraction of sp³-hybridized carbons (Fsp3) is 0.750. The van der Waals surface area contributed by atoms with E-state index in [1.807, 2.05) is 6.08 Å². The molecule has 0 saturated carbocycles. The van der Waals surface area contributed by atoms with Crippen LogP contribution in [0.4, 0.5) is 4.39 Å². The third-order valence-electron chi connectivity index (χ3n) is 1.84. The van der Waals surface area contributed by atoms with Gasteiger partial charge in [0.15, 0.2) is 0 Å². The Bertz CT molecular complexity index is 122. The zero-order chi connectivity index (χ0) is 7.40. The van der Waals surface area contributed by atoms with Gasteiger partial charge in [-0.25, -0.2) is 4.39 Å². The molecule has 1 unspecified atom stereocenters. The van der Waals surface area contributed by atoms with E-state index in [9.17, 15) is 4.39 Å². The summed E-state index contributed by atoms with van der Waals surface area (Å²) >= 11 is 0. The Labute approximate surface area is 61.5 Å². The Morgan fingerprint density at radius 3 is 3.20 bits per heavy atom. The van der Waals surface area contributed by atoms with E-state index in [1.54, 1.807) is 6.08 Å². The fourth-order valence-corrected chi connectivity index (χ4v) is 1.19. The average molecular weight is 143 g/mol. The van der Waals surface area contributed by atoms with E-state index in [0.29, 0.717) is 6.54 Å². The molecule has 0 N–H and O–H groups in total. The maximum atomic E-state index is 12.8. The molecule has 2 heteroatoms. The molecule has 0 saturated heterocycles. The van der Waals surface area contributed by atoms with Gasteiger partial charge in [0.25, 0.3) is 0 Å². The summed E-state index contributed by atoms with van der Waals surface area (Å²) in [5, 5.41) is 0. The highest BCUT2D eigenvalue weighted by Gasteiger charge is 2.10. The molecule has 1 nitrogen and oxygen atoms in total. The number of halogens is 1. The molecule has 0 radical (unpaired) electrons. The van der Waals surface area contributed by atoms with Gasteiger partial charge in [-0.1, -0.05) is 19.1 Å². The van der Waals surface area contributed by atoms with Crippen molar-refractivity contribution in [2.24, 2.45) is 0 Å². The molecule has 0 bridgehead atoms. The minimum Gasteiger partial charge on any atom is -0.300 e. The largest absolute Gasteiger partial charge is 0.300 e. The summed E-state index contributed by atoms with van der Waals surface area (Å²) in [5.74, 6) is 0. The number of rotatable bonds is 1. The number of hydrogen-bond donors (Lipinski definition) is 0. The van der Waals surface area contributed by atoms with E-state index in [0.717, 1.165) is 19.5 Å². The van der Waals surface area contributed by atoms with E-state index < -0.39 is 6.17 Å². The molecule has 0 aromatic heterocycles. The lowest BCUT2D eigenvalue weighted by molar-refractivity contribution is 0.235. The van der Waals surface area contributed by atoms with E-state index in [1.165, 1.54) is 0 Å². The normalized spacial score (nSPS) is 28.4. The number of nitrogens with zero attached hydrogens (tertiary/aromatic N) is 1. The van der Waals surface area contributed by atoms with Crippen molar-refractivity contribution < 1.29 is 4.39 Å². The van der Waals surface area contributed by atoms with Crippen LogP contribution in [-0.2, 0) is 0 Å². The summed E-state index contributed by atoms with van der Waals surface area (Å²) < 4.78 is 12.8. The molecule has 0 aromatic rings. The molecule has 1 aliphatic rings. The summed E-state index contributed by atoms with van der Waals surface area (Å²) in [6, 6.07) is 0. The molecule has 0 spiro atoms. The summed E-state index contributed by atoms with van der Waals surface area (Å²) in [4.78, 5) is 2.13. The average Bonchev–Trinajstić information content (AvgIpc) is 2.13. The highest BCUT2D eigenvalue weighted by atomic mass is 19.1. The van der Waals surface area contributed by atoms with Gasteiger partial charge in [-0.3, -0.25) is 0 Å². The predicted octanol–water partition coefficient (Wildman–Crippen LogP) is 1.61. The Balaban J connectivity index is 2.39. The predicted molar refractivity (Wildman–Crippen MR) is 40.8 cm³/mol. The molecule has 1 rings (SSSR count). The van der Waals surface area contributed by atoms with Gasteiger partial charge in [0.1, 0.15) is 6.17 Å². The highest BCUT2D eigenvalue weighted by molar-refractivity contribution is 4.93. The van der Waals surface area contributed by atoms with E-state index >= 15 is 0 Å². The van der Waals surface area contributed by atoms with E-state index in [2.05, 4.69) is 11.8 Å². The van der Waals surface area contributed by atoms with Crippen LogP contribution in [0.1, 0.15) is 13.3 Å². The van der Waals surface area contributed by atoms with Gasteiger partial charge in [-0.05, 0) is 13.0 Å². The van der Waals surface area contributed by atoms with Crippen LogP contribution in [0.25, 0.3) is 0 Å². The SMILES string of the molecule is CCN1CCC=CC(F)C1. The first-order valence-corrected chi connectivity index (χ1v) is 3.86. The summed E-state index contributed by atoms with van der Waals surface area (Å²) in [5.41, 5.74) is 0. The van der Waals surface area contributed by atoms with Crippen molar-refractivity contribution in [1.82, 2.24) is 4.90 Å². The third kappa shape index (κ3) is 2.10. The highest BCUT2D eigenvalue weighted by Crippen LogP contribution is 2.05. The van der Waals surface area contributed by atoms with Crippen LogP contribution in [-0.4, -0.2) is 30.7 Å². The molecular formula is C8H14FN. The lowest BCUT2D eigenvalue weighted by atomic mass is 10.3. The van der Waals surface area contributed by atoms with E-state index in [-0.39, 0.29) is 0 Å². The van der Waals surface area contributed by atoms with Gasteiger partial charge < -0.3 is 4.90 Å². The van der Waals surface area contributed by atoms with Gasteiger partial charge in [0, 0.05) is 13.1 Å². The molecule has 1 aliphatic heterocycles. The van der Waals surface area contributed by atoms with Gasteiger partial charge in [0.05, 0.1) is 0 Å². The first kappa shape index (κ1) is 7.73. The van der Waals surface area contributed by atoms with Crippen molar-refractivity contribution >= 4 is 0 Å². The minimum atomic E-state index is -0.748. The Morgan fingerprint density at radius 1 is 1.70 bits per heavy atom. The second-order valence-corrected chi connectivity index (χ2v) is 2.63. The first-order chi connectivity index (χ1) is 4.83. The zero-order valence-electron chi connectivity index (χ0n) is 6.39. The van der Waals surface area contributed by atoms with Crippen molar-refractivity contribution in [3.63, 3.8) is 0 Å². The zero-order valence-corrected chi connectivity index (χ0v) is 6.39. The lowest BCUT2D eigenvalue weighted by Gasteiger charge is -2.17. The molecule has 1 heterocycles. The van der Waals surface area contributed by atoms with Crippen molar-refractivity contribution in [1.29, 1.82) is 0 Å². The summed E-state index contributed by atoms with van der Waals surface area (Å²) in [7, 11) is 0. The Hall–Kier alpha value is -0.370. The van der Waals surface area contributed by atoms with Gasteiger partial charge >= 0.3 is 0 Å². The molecule has 0 fully saturated rings. The number of hydrogen-bond acceptors (Lipinski definition) is 1. The summed E-state index contributed by atoms with van der Waals surface area (Å²) in [6.45, 7) is 4.61. The van der Waals surface area contributed by atoms with Crippen molar-refractivity contribution in [3.05, 3.63) is 12.2 Å².